The van der Waals surface area contributed by atoms with Crippen LogP contribution in [0.5, 0.6) is 0 Å². The maximum atomic E-state index is 12.3. The summed E-state index contributed by atoms with van der Waals surface area (Å²) in [7, 11) is -3.32. The van der Waals surface area contributed by atoms with Crippen LogP contribution >= 0.6 is 0 Å². The Hall–Kier alpha value is -1.61. The van der Waals surface area contributed by atoms with Crippen molar-refractivity contribution < 1.29 is 8.42 Å². The summed E-state index contributed by atoms with van der Waals surface area (Å²) in [4.78, 5) is 0.365. The molecule has 0 saturated heterocycles. The Morgan fingerprint density at radius 1 is 0.882 bits per heavy atom. The van der Waals surface area contributed by atoms with Crippen molar-refractivity contribution >= 4 is 9.84 Å². The van der Waals surface area contributed by atoms with E-state index in [1.807, 2.05) is 31.2 Å². The first-order valence-corrected chi connectivity index (χ1v) is 6.97. The van der Waals surface area contributed by atoms with E-state index in [2.05, 4.69) is 0 Å². The Labute approximate surface area is 102 Å². The van der Waals surface area contributed by atoms with Gasteiger partial charge in [0.05, 0.1) is 4.90 Å². The third-order valence-corrected chi connectivity index (χ3v) is 4.60. The van der Waals surface area contributed by atoms with Crippen LogP contribution in [0.15, 0.2) is 65.6 Å². The van der Waals surface area contributed by atoms with Gasteiger partial charge < -0.3 is 0 Å². The molecule has 0 radical (unpaired) electrons. The summed E-state index contributed by atoms with van der Waals surface area (Å²) in [6.45, 7) is 1.94. The number of aryl methyl sites for hydroxylation is 1. The van der Waals surface area contributed by atoms with Crippen molar-refractivity contribution in [3.05, 3.63) is 66.3 Å². The Kier molecular flexibility index (Phi) is 3.29. The SMILES string of the molecule is Cc1ccc(S(=O)(=O)C2C=CC=CC=C2)cc1. The topological polar surface area (TPSA) is 34.1 Å². The van der Waals surface area contributed by atoms with Gasteiger partial charge in [0.25, 0.3) is 0 Å². The smallest absolute Gasteiger partial charge is 0.188 e. The van der Waals surface area contributed by atoms with Crippen LogP contribution in [0.4, 0.5) is 0 Å². The molecule has 0 fully saturated rings. The minimum atomic E-state index is -3.32. The van der Waals surface area contributed by atoms with Gasteiger partial charge in [0.15, 0.2) is 9.84 Å². The molecule has 3 heteroatoms. The summed E-state index contributed by atoms with van der Waals surface area (Å²) in [5, 5.41) is -0.583. The number of sulfone groups is 1. The third kappa shape index (κ3) is 2.56. The van der Waals surface area contributed by atoms with Crippen molar-refractivity contribution in [3.63, 3.8) is 0 Å². The van der Waals surface area contributed by atoms with E-state index in [-0.39, 0.29) is 0 Å². The van der Waals surface area contributed by atoms with Gasteiger partial charge in [-0.1, -0.05) is 54.2 Å². The first-order chi connectivity index (χ1) is 8.10. The Bertz CT molecular complexity index is 559. The van der Waals surface area contributed by atoms with Gasteiger partial charge in [-0.05, 0) is 19.1 Å². The lowest BCUT2D eigenvalue weighted by Crippen LogP contribution is -2.16. The monoisotopic (exact) mass is 246 g/mol. The van der Waals surface area contributed by atoms with Gasteiger partial charge in [-0.15, -0.1) is 0 Å². The van der Waals surface area contributed by atoms with Gasteiger partial charge in [-0.2, -0.15) is 0 Å². The van der Waals surface area contributed by atoms with Crippen molar-refractivity contribution in [2.45, 2.75) is 17.1 Å². The molecular weight excluding hydrogens is 232 g/mol. The summed E-state index contributed by atoms with van der Waals surface area (Å²) in [5.41, 5.74) is 1.05. The van der Waals surface area contributed by atoms with Crippen molar-refractivity contribution in [1.82, 2.24) is 0 Å². The highest BCUT2D eigenvalue weighted by Crippen LogP contribution is 2.19. The molecule has 0 unspecified atom stereocenters. The predicted molar refractivity (Wildman–Crippen MR) is 69.6 cm³/mol. The lowest BCUT2D eigenvalue weighted by molar-refractivity contribution is 0.594. The molecular formula is C14H14O2S. The second-order valence-electron chi connectivity index (χ2n) is 3.98. The van der Waals surface area contributed by atoms with E-state index >= 15 is 0 Å². The Morgan fingerprint density at radius 2 is 1.41 bits per heavy atom. The minimum Gasteiger partial charge on any atom is -0.223 e. The Balaban J connectivity index is 2.39. The fourth-order valence-electron chi connectivity index (χ4n) is 1.63. The fraction of sp³-hybridized carbons (Fsp3) is 0.143. The van der Waals surface area contributed by atoms with Crippen LogP contribution in [0.3, 0.4) is 0 Å². The average molecular weight is 246 g/mol. The van der Waals surface area contributed by atoms with Gasteiger partial charge in [0, 0.05) is 0 Å². The van der Waals surface area contributed by atoms with E-state index in [0.717, 1.165) is 5.56 Å². The molecule has 0 saturated carbocycles. The summed E-state index contributed by atoms with van der Waals surface area (Å²) in [5.74, 6) is 0. The molecule has 0 amide bonds. The highest BCUT2D eigenvalue weighted by molar-refractivity contribution is 7.92. The molecule has 1 aromatic carbocycles. The van der Waals surface area contributed by atoms with Crippen molar-refractivity contribution in [2.75, 3.05) is 0 Å². The molecule has 0 aromatic heterocycles. The fourth-order valence-corrected chi connectivity index (χ4v) is 3.06. The lowest BCUT2D eigenvalue weighted by atomic mass is 10.2. The highest BCUT2D eigenvalue weighted by Gasteiger charge is 2.22. The van der Waals surface area contributed by atoms with Gasteiger partial charge >= 0.3 is 0 Å². The normalized spacial score (nSPS) is 16.1. The maximum absolute atomic E-state index is 12.3. The van der Waals surface area contributed by atoms with Crippen LogP contribution in [0.25, 0.3) is 0 Å². The summed E-state index contributed by atoms with van der Waals surface area (Å²) in [6.07, 6.45) is 10.5. The molecule has 0 aliphatic heterocycles. The zero-order chi connectivity index (χ0) is 12.3. The number of benzene rings is 1. The number of rotatable bonds is 2. The highest BCUT2D eigenvalue weighted by atomic mass is 32.2. The molecule has 17 heavy (non-hydrogen) atoms. The molecule has 0 atom stereocenters. The van der Waals surface area contributed by atoms with Crippen LogP contribution in [-0.2, 0) is 9.84 Å². The second kappa shape index (κ2) is 4.72. The quantitative estimate of drug-likeness (QED) is 0.804. The molecule has 0 spiro atoms. The van der Waals surface area contributed by atoms with E-state index in [1.165, 1.54) is 0 Å². The van der Waals surface area contributed by atoms with E-state index in [4.69, 9.17) is 0 Å². The second-order valence-corrected chi connectivity index (χ2v) is 6.08. The number of hydrogen-bond acceptors (Lipinski definition) is 2. The number of allylic oxidation sites excluding steroid dienone is 4. The molecule has 1 aromatic rings. The van der Waals surface area contributed by atoms with Gasteiger partial charge in [0.1, 0.15) is 5.25 Å². The maximum Gasteiger partial charge on any atom is 0.188 e. The summed E-state index contributed by atoms with van der Waals surface area (Å²) < 4.78 is 24.6. The molecule has 88 valence electrons. The largest absolute Gasteiger partial charge is 0.223 e. The van der Waals surface area contributed by atoms with Gasteiger partial charge in [-0.3, -0.25) is 0 Å². The van der Waals surface area contributed by atoms with Crippen LogP contribution < -0.4 is 0 Å². The van der Waals surface area contributed by atoms with E-state index in [1.54, 1.807) is 36.4 Å². The van der Waals surface area contributed by atoms with E-state index < -0.39 is 15.1 Å². The van der Waals surface area contributed by atoms with Crippen molar-refractivity contribution in [2.24, 2.45) is 0 Å². The predicted octanol–water partition coefficient (Wildman–Crippen LogP) is 2.82. The first kappa shape index (κ1) is 11.9. The first-order valence-electron chi connectivity index (χ1n) is 5.43. The lowest BCUT2D eigenvalue weighted by Gasteiger charge is -2.09. The Morgan fingerprint density at radius 3 is 1.94 bits per heavy atom. The van der Waals surface area contributed by atoms with Crippen molar-refractivity contribution in [1.29, 1.82) is 0 Å². The molecule has 1 aliphatic carbocycles. The molecule has 1 aliphatic rings. The summed E-state index contributed by atoms with van der Waals surface area (Å²) in [6, 6.07) is 6.94. The zero-order valence-corrected chi connectivity index (χ0v) is 10.4. The molecule has 0 N–H and O–H groups in total. The third-order valence-electron chi connectivity index (χ3n) is 2.64. The molecule has 0 bridgehead atoms. The average Bonchev–Trinajstić information content (AvgIpc) is 2.58. The molecule has 0 heterocycles. The van der Waals surface area contributed by atoms with Gasteiger partial charge in [-0.25, -0.2) is 8.42 Å². The van der Waals surface area contributed by atoms with Crippen LogP contribution in [0.1, 0.15) is 5.56 Å². The summed E-state index contributed by atoms with van der Waals surface area (Å²) >= 11 is 0. The zero-order valence-electron chi connectivity index (χ0n) is 9.58. The van der Waals surface area contributed by atoms with E-state index in [9.17, 15) is 8.42 Å². The van der Waals surface area contributed by atoms with Crippen molar-refractivity contribution in [3.8, 4) is 0 Å². The van der Waals surface area contributed by atoms with Crippen LogP contribution in [0.2, 0.25) is 0 Å². The van der Waals surface area contributed by atoms with E-state index in [0.29, 0.717) is 4.90 Å². The molecule has 2 nitrogen and oxygen atoms in total. The van der Waals surface area contributed by atoms with Crippen LogP contribution in [0, 0.1) is 6.92 Å². The van der Waals surface area contributed by atoms with Gasteiger partial charge in [0.2, 0.25) is 0 Å². The number of hydrogen-bond donors (Lipinski definition) is 0. The van der Waals surface area contributed by atoms with Crippen LogP contribution in [-0.4, -0.2) is 13.7 Å². The minimum absolute atomic E-state index is 0.365. The standard InChI is InChI=1S/C14H14O2S/c1-12-8-10-14(11-9-12)17(15,16)13-6-4-2-3-5-7-13/h2-11,13H,1H3. The molecule has 2 rings (SSSR count).